The zero-order chi connectivity index (χ0) is 18.3. The van der Waals surface area contributed by atoms with E-state index in [4.69, 9.17) is 0 Å². The van der Waals surface area contributed by atoms with E-state index in [1.54, 1.807) is 11.3 Å². The summed E-state index contributed by atoms with van der Waals surface area (Å²) in [6, 6.07) is 0. The molecule has 0 atom stereocenters. The smallest absolute Gasteiger partial charge is 0.240 e. The van der Waals surface area contributed by atoms with Crippen molar-refractivity contribution in [3.05, 3.63) is 15.6 Å². The third kappa shape index (κ3) is 7.29. The summed E-state index contributed by atoms with van der Waals surface area (Å²) in [6.07, 6.45) is 0.869. The van der Waals surface area contributed by atoms with Crippen molar-refractivity contribution < 1.29 is 4.79 Å². The highest BCUT2D eigenvalue weighted by atomic mass is 32.1. The fourth-order valence-corrected chi connectivity index (χ4v) is 3.21. The Morgan fingerprint density at radius 2 is 2.00 bits per heavy atom. The molecule has 1 aromatic heterocycles. The molecule has 0 bridgehead atoms. The lowest BCUT2D eigenvalue weighted by Gasteiger charge is -2.25. The molecule has 1 rings (SSSR count). The Hall–Kier alpha value is -1.63. The van der Waals surface area contributed by atoms with Crippen molar-refractivity contribution in [2.75, 3.05) is 26.7 Å². The first kappa shape index (κ1) is 20.4. The van der Waals surface area contributed by atoms with Gasteiger partial charge >= 0.3 is 0 Å². The number of nitrogens with zero attached hydrogens (tertiary/aromatic N) is 3. The lowest BCUT2D eigenvalue weighted by atomic mass is 10.1. The van der Waals surface area contributed by atoms with Crippen molar-refractivity contribution >= 4 is 23.2 Å². The maximum atomic E-state index is 12.1. The summed E-state index contributed by atoms with van der Waals surface area (Å²) in [5.74, 6) is 0.741. The second kappa shape index (κ2) is 9.01. The summed E-state index contributed by atoms with van der Waals surface area (Å²) in [4.78, 5) is 24.3. The summed E-state index contributed by atoms with van der Waals surface area (Å²) < 4.78 is 0. The average Bonchev–Trinajstić information content (AvgIpc) is 2.73. The van der Waals surface area contributed by atoms with Crippen LogP contribution in [0.15, 0.2) is 4.99 Å². The predicted octanol–water partition coefficient (Wildman–Crippen LogP) is 2.11. The van der Waals surface area contributed by atoms with Gasteiger partial charge in [-0.3, -0.25) is 9.79 Å². The summed E-state index contributed by atoms with van der Waals surface area (Å²) in [7, 11) is 1.88. The van der Waals surface area contributed by atoms with Gasteiger partial charge < -0.3 is 15.5 Å². The van der Waals surface area contributed by atoms with E-state index in [-0.39, 0.29) is 18.0 Å². The molecule has 7 heteroatoms. The van der Waals surface area contributed by atoms with Crippen LogP contribution in [-0.2, 0) is 11.2 Å². The summed E-state index contributed by atoms with van der Waals surface area (Å²) in [5, 5.41) is 7.30. The van der Waals surface area contributed by atoms with Crippen LogP contribution in [0.25, 0.3) is 0 Å². The Kier molecular flexibility index (Phi) is 7.66. The van der Waals surface area contributed by atoms with Crippen LogP contribution >= 0.6 is 11.3 Å². The van der Waals surface area contributed by atoms with Crippen molar-refractivity contribution in [3.8, 4) is 0 Å². The largest absolute Gasteiger partial charge is 0.357 e. The molecular formula is C17H31N5OS. The average molecular weight is 354 g/mol. The van der Waals surface area contributed by atoms with Crippen molar-refractivity contribution in [2.24, 2.45) is 4.99 Å². The summed E-state index contributed by atoms with van der Waals surface area (Å²) in [5.41, 5.74) is 0.866. The number of hydrogen-bond donors (Lipinski definition) is 2. The molecule has 0 aromatic carbocycles. The van der Waals surface area contributed by atoms with Gasteiger partial charge in [0.15, 0.2) is 5.96 Å². The fraction of sp³-hybridized carbons (Fsp3) is 0.706. The standard InChI is InChI=1S/C17H31N5OS/c1-8-18-16(22(7)11-15(23)21-17(4,5)6)19-10-9-14-12(2)20-13(3)24-14/h8-11H2,1-7H3,(H,18,19)(H,21,23). The minimum atomic E-state index is -0.227. The molecule has 0 fully saturated rings. The number of aryl methyl sites for hydroxylation is 2. The van der Waals surface area contributed by atoms with E-state index in [0.29, 0.717) is 6.54 Å². The molecule has 0 saturated carbocycles. The van der Waals surface area contributed by atoms with Crippen LogP contribution in [0.5, 0.6) is 0 Å². The second-order valence-electron chi connectivity index (χ2n) is 6.88. The van der Waals surface area contributed by atoms with Gasteiger partial charge in [0, 0.05) is 37.0 Å². The third-order valence-corrected chi connectivity index (χ3v) is 4.32. The summed E-state index contributed by atoms with van der Waals surface area (Å²) in [6.45, 7) is 13.7. The van der Waals surface area contributed by atoms with Crippen LogP contribution in [0.3, 0.4) is 0 Å². The fourth-order valence-electron chi connectivity index (χ4n) is 2.29. The number of aromatic nitrogens is 1. The van der Waals surface area contributed by atoms with Crippen LogP contribution in [-0.4, -0.2) is 54.0 Å². The molecule has 1 heterocycles. The highest BCUT2D eigenvalue weighted by Gasteiger charge is 2.16. The number of guanidine groups is 1. The SMILES string of the molecule is CCNC(=NCCc1sc(C)nc1C)N(C)CC(=O)NC(C)(C)C. The normalized spacial score (nSPS) is 12.2. The zero-order valence-electron chi connectivity index (χ0n) is 16.0. The van der Waals surface area contributed by atoms with Gasteiger partial charge in [0.2, 0.25) is 5.91 Å². The lowest BCUT2D eigenvalue weighted by molar-refractivity contribution is -0.122. The van der Waals surface area contributed by atoms with E-state index >= 15 is 0 Å². The number of rotatable bonds is 6. The van der Waals surface area contributed by atoms with Gasteiger partial charge in [0.25, 0.3) is 0 Å². The molecular weight excluding hydrogens is 322 g/mol. The van der Waals surface area contributed by atoms with Crippen molar-refractivity contribution in [2.45, 2.75) is 53.5 Å². The second-order valence-corrected chi connectivity index (χ2v) is 8.17. The van der Waals surface area contributed by atoms with Gasteiger partial charge in [-0.1, -0.05) is 0 Å². The monoisotopic (exact) mass is 353 g/mol. The number of hydrogen-bond acceptors (Lipinski definition) is 4. The van der Waals surface area contributed by atoms with E-state index in [1.807, 2.05) is 53.5 Å². The minimum Gasteiger partial charge on any atom is -0.357 e. The van der Waals surface area contributed by atoms with Crippen LogP contribution in [0.4, 0.5) is 0 Å². The minimum absolute atomic E-state index is 0.00970. The molecule has 0 radical (unpaired) electrons. The first-order chi connectivity index (χ1) is 11.1. The Balaban J connectivity index is 2.63. The number of likely N-dealkylation sites (N-methyl/N-ethyl adjacent to an activating group) is 1. The molecule has 0 unspecified atom stereocenters. The van der Waals surface area contributed by atoms with E-state index in [9.17, 15) is 4.79 Å². The van der Waals surface area contributed by atoms with Crippen LogP contribution in [0.1, 0.15) is 43.3 Å². The molecule has 0 aliphatic rings. The maximum absolute atomic E-state index is 12.1. The van der Waals surface area contributed by atoms with Gasteiger partial charge in [-0.15, -0.1) is 11.3 Å². The number of amides is 1. The Labute approximate surface area is 149 Å². The topological polar surface area (TPSA) is 69.6 Å². The lowest BCUT2D eigenvalue weighted by Crippen LogP contribution is -2.48. The first-order valence-electron chi connectivity index (χ1n) is 8.35. The number of nitrogens with one attached hydrogen (secondary N) is 2. The Morgan fingerprint density at radius 1 is 1.33 bits per heavy atom. The maximum Gasteiger partial charge on any atom is 0.240 e. The van der Waals surface area contributed by atoms with Gasteiger partial charge in [0.1, 0.15) is 0 Å². The molecule has 0 saturated heterocycles. The Bertz CT molecular complexity index is 574. The molecule has 0 spiro atoms. The number of carbonyl (C=O) groups is 1. The number of thiazole rings is 1. The molecule has 136 valence electrons. The highest BCUT2D eigenvalue weighted by molar-refractivity contribution is 7.11. The van der Waals surface area contributed by atoms with E-state index < -0.39 is 0 Å². The molecule has 2 N–H and O–H groups in total. The van der Waals surface area contributed by atoms with Crippen molar-refractivity contribution in [1.29, 1.82) is 0 Å². The van der Waals surface area contributed by atoms with E-state index in [2.05, 4.69) is 20.6 Å². The van der Waals surface area contributed by atoms with Crippen molar-refractivity contribution in [1.82, 2.24) is 20.5 Å². The number of carbonyl (C=O) groups excluding carboxylic acids is 1. The zero-order valence-corrected chi connectivity index (χ0v) is 16.8. The molecule has 0 aliphatic heterocycles. The van der Waals surface area contributed by atoms with Gasteiger partial charge in [-0.05, 0) is 41.5 Å². The van der Waals surface area contributed by atoms with Gasteiger partial charge in [-0.2, -0.15) is 0 Å². The van der Waals surface area contributed by atoms with Gasteiger partial charge in [0.05, 0.1) is 17.2 Å². The molecule has 0 aliphatic carbocycles. The van der Waals surface area contributed by atoms with E-state index in [1.165, 1.54) is 4.88 Å². The highest BCUT2D eigenvalue weighted by Crippen LogP contribution is 2.17. The van der Waals surface area contributed by atoms with Crippen molar-refractivity contribution in [3.63, 3.8) is 0 Å². The van der Waals surface area contributed by atoms with E-state index in [0.717, 1.165) is 29.6 Å². The quantitative estimate of drug-likeness (QED) is 0.607. The van der Waals surface area contributed by atoms with Crippen LogP contribution in [0, 0.1) is 13.8 Å². The van der Waals surface area contributed by atoms with Gasteiger partial charge in [-0.25, -0.2) is 4.98 Å². The molecule has 6 nitrogen and oxygen atoms in total. The Morgan fingerprint density at radius 3 is 2.50 bits per heavy atom. The third-order valence-electron chi connectivity index (χ3n) is 3.19. The van der Waals surface area contributed by atoms with Crippen LogP contribution < -0.4 is 10.6 Å². The molecule has 1 aromatic rings. The first-order valence-corrected chi connectivity index (χ1v) is 9.17. The summed E-state index contributed by atoms with van der Waals surface area (Å²) >= 11 is 1.73. The predicted molar refractivity (Wildman–Crippen MR) is 102 cm³/mol. The van der Waals surface area contributed by atoms with Crippen LogP contribution in [0.2, 0.25) is 0 Å². The molecule has 1 amide bonds. The number of aliphatic imine (C=N–C) groups is 1. The molecule has 24 heavy (non-hydrogen) atoms.